The fourth-order valence-electron chi connectivity index (χ4n) is 7.45. The van der Waals surface area contributed by atoms with Gasteiger partial charge in [0.2, 0.25) is 0 Å². The molecule has 3 saturated heterocycles. The summed E-state index contributed by atoms with van der Waals surface area (Å²) in [6.45, 7) is 9.57. The molecule has 9 nitrogen and oxygen atoms in total. The molecule has 11 heteroatoms. The third-order valence-electron chi connectivity index (χ3n) is 9.86. The third kappa shape index (κ3) is 7.27. The molecule has 2 atom stereocenters. The summed E-state index contributed by atoms with van der Waals surface area (Å²) >= 11 is 6.88. The standard InChI is InChI=1S/C36H45ClFN7O2/c1-43(13-4-5-15-44-16-11-39-12-17-44)14-6-18-47-36-41-34-30(35(42-36)45-22-25-9-10-26(23-45)40-25)21-31(37)32(33(34)38)29-20-27(46)19-24-7-2-3-8-28(24)29/h2-3,7-8,19-21,25-26,39-40,46H,4-6,9-18,22-23H2,1H3. The lowest BCUT2D eigenvalue weighted by atomic mass is 9.96. The lowest BCUT2D eigenvalue weighted by Crippen LogP contribution is -2.51. The predicted octanol–water partition coefficient (Wildman–Crippen LogP) is 5.27. The first-order chi connectivity index (χ1) is 22.9. The van der Waals surface area contributed by atoms with Crippen molar-refractivity contribution in [2.45, 2.75) is 44.2 Å². The van der Waals surface area contributed by atoms with Gasteiger partial charge in [-0.1, -0.05) is 35.9 Å². The van der Waals surface area contributed by atoms with E-state index >= 15 is 4.39 Å². The second-order valence-corrected chi connectivity index (χ2v) is 13.7. The number of ether oxygens (including phenoxy) is 1. The van der Waals surface area contributed by atoms with Crippen molar-refractivity contribution in [1.82, 2.24) is 30.4 Å². The molecular formula is C36H45ClFN7O2. The van der Waals surface area contributed by atoms with Gasteiger partial charge in [-0.05, 0) is 86.8 Å². The highest BCUT2D eigenvalue weighted by atomic mass is 35.5. The van der Waals surface area contributed by atoms with Crippen molar-refractivity contribution in [3.8, 4) is 22.9 Å². The van der Waals surface area contributed by atoms with E-state index in [0.717, 1.165) is 82.4 Å². The number of piperazine rings is 2. The Labute approximate surface area is 281 Å². The van der Waals surface area contributed by atoms with Crippen LogP contribution in [0.1, 0.15) is 32.1 Å². The molecule has 7 rings (SSSR count). The van der Waals surface area contributed by atoms with Crippen LogP contribution in [0.15, 0.2) is 42.5 Å². The second kappa shape index (κ2) is 14.5. The first-order valence-electron chi connectivity index (χ1n) is 17.1. The molecule has 1 aromatic heterocycles. The number of aromatic hydroxyl groups is 1. The van der Waals surface area contributed by atoms with Gasteiger partial charge in [-0.2, -0.15) is 9.97 Å². The van der Waals surface area contributed by atoms with Crippen LogP contribution in [0.25, 0.3) is 32.8 Å². The van der Waals surface area contributed by atoms with Gasteiger partial charge in [0.25, 0.3) is 0 Å². The molecule has 2 unspecified atom stereocenters. The monoisotopic (exact) mass is 661 g/mol. The number of rotatable bonds is 12. The van der Waals surface area contributed by atoms with Gasteiger partial charge in [-0.15, -0.1) is 0 Å². The minimum Gasteiger partial charge on any atom is -0.508 e. The number of phenolic OH excluding ortho intramolecular Hbond substituents is 1. The fraction of sp³-hybridized carbons (Fsp3) is 0.500. The van der Waals surface area contributed by atoms with Gasteiger partial charge in [-0.3, -0.25) is 0 Å². The number of nitrogens with one attached hydrogen (secondary N) is 2. The zero-order chi connectivity index (χ0) is 32.3. The van der Waals surface area contributed by atoms with Gasteiger partial charge in [0.1, 0.15) is 17.1 Å². The topological polar surface area (TPSA) is 89.0 Å². The Hall–Kier alpha value is -3.28. The molecule has 3 aromatic carbocycles. The van der Waals surface area contributed by atoms with Gasteiger partial charge in [0.05, 0.1) is 11.6 Å². The summed E-state index contributed by atoms with van der Waals surface area (Å²) in [6.07, 6.45) is 5.41. The van der Waals surface area contributed by atoms with Crippen LogP contribution in [-0.4, -0.2) is 110 Å². The van der Waals surface area contributed by atoms with Gasteiger partial charge in [0.15, 0.2) is 5.82 Å². The van der Waals surface area contributed by atoms with E-state index in [9.17, 15) is 5.11 Å². The maximum Gasteiger partial charge on any atom is 0.319 e. The summed E-state index contributed by atoms with van der Waals surface area (Å²) in [5.41, 5.74) is 0.897. The summed E-state index contributed by atoms with van der Waals surface area (Å²) in [5.74, 6) is 0.149. The molecule has 0 aliphatic carbocycles. The number of aromatic nitrogens is 2. The lowest BCUT2D eigenvalue weighted by molar-refractivity contribution is 0.224. The number of halogens is 2. The molecule has 47 heavy (non-hydrogen) atoms. The Bertz CT molecular complexity index is 1710. The lowest BCUT2D eigenvalue weighted by Gasteiger charge is -2.34. The van der Waals surface area contributed by atoms with E-state index < -0.39 is 5.82 Å². The van der Waals surface area contributed by atoms with Gasteiger partial charge in [0, 0.05) is 68.8 Å². The predicted molar refractivity (Wildman–Crippen MR) is 187 cm³/mol. The molecular weight excluding hydrogens is 617 g/mol. The number of nitrogens with zero attached hydrogens (tertiary/aromatic N) is 5. The van der Waals surface area contributed by atoms with Gasteiger partial charge >= 0.3 is 6.01 Å². The molecule has 3 aliphatic heterocycles. The Kier molecular flexibility index (Phi) is 9.93. The molecule has 3 fully saturated rings. The first kappa shape index (κ1) is 32.3. The van der Waals surface area contributed by atoms with E-state index in [-0.39, 0.29) is 27.9 Å². The fourth-order valence-corrected chi connectivity index (χ4v) is 7.74. The van der Waals surface area contributed by atoms with Crippen LogP contribution in [0.2, 0.25) is 5.02 Å². The van der Waals surface area contributed by atoms with Crippen LogP contribution < -0.4 is 20.3 Å². The molecule has 250 valence electrons. The van der Waals surface area contributed by atoms with Crippen molar-refractivity contribution in [2.75, 3.05) is 77.5 Å². The van der Waals surface area contributed by atoms with Crippen molar-refractivity contribution in [3.05, 3.63) is 53.3 Å². The maximum atomic E-state index is 16.8. The number of phenols is 1. The highest BCUT2D eigenvalue weighted by Gasteiger charge is 2.34. The van der Waals surface area contributed by atoms with E-state index in [4.69, 9.17) is 21.3 Å². The summed E-state index contributed by atoms with van der Waals surface area (Å²) in [7, 11) is 2.15. The number of fused-ring (bicyclic) bond motifs is 4. The van der Waals surface area contributed by atoms with Crippen molar-refractivity contribution >= 4 is 39.1 Å². The van der Waals surface area contributed by atoms with Crippen molar-refractivity contribution in [2.24, 2.45) is 0 Å². The van der Waals surface area contributed by atoms with E-state index in [1.807, 2.05) is 24.3 Å². The highest BCUT2D eigenvalue weighted by Crippen LogP contribution is 2.42. The number of hydrogen-bond acceptors (Lipinski definition) is 9. The SMILES string of the molecule is CN(CCCCN1CCNCC1)CCCOc1nc(N2CC3CCC(C2)N3)c2cc(Cl)c(-c3cc(O)cc4ccccc34)c(F)c2n1. The molecule has 3 N–H and O–H groups in total. The maximum absolute atomic E-state index is 16.8. The average molecular weight is 662 g/mol. The molecule has 0 saturated carbocycles. The Balaban J connectivity index is 1.11. The van der Waals surface area contributed by atoms with Crippen LogP contribution in [-0.2, 0) is 0 Å². The zero-order valence-electron chi connectivity index (χ0n) is 27.2. The molecule has 4 heterocycles. The zero-order valence-corrected chi connectivity index (χ0v) is 27.9. The summed E-state index contributed by atoms with van der Waals surface area (Å²) in [4.78, 5) is 16.6. The largest absolute Gasteiger partial charge is 0.508 e. The number of anilines is 1. The molecule has 3 aliphatic rings. The number of hydrogen-bond donors (Lipinski definition) is 3. The average Bonchev–Trinajstić information content (AvgIpc) is 3.42. The van der Waals surface area contributed by atoms with E-state index in [0.29, 0.717) is 35.5 Å². The third-order valence-corrected chi connectivity index (χ3v) is 10.2. The Morgan fingerprint density at radius 3 is 2.57 bits per heavy atom. The van der Waals surface area contributed by atoms with Crippen molar-refractivity contribution < 1.29 is 14.2 Å². The summed E-state index contributed by atoms with van der Waals surface area (Å²) in [5, 5.41) is 20.0. The highest BCUT2D eigenvalue weighted by molar-refractivity contribution is 6.35. The van der Waals surface area contributed by atoms with Crippen LogP contribution in [0.5, 0.6) is 11.8 Å². The molecule has 0 radical (unpaired) electrons. The van der Waals surface area contributed by atoms with Crippen molar-refractivity contribution in [1.29, 1.82) is 0 Å². The van der Waals surface area contributed by atoms with Crippen LogP contribution in [0, 0.1) is 5.82 Å². The molecule has 2 bridgehead atoms. The Morgan fingerprint density at radius 1 is 1.00 bits per heavy atom. The molecule has 0 amide bonds. The van der Waals surface area contributed by atoms with Crippen LogP contribution >= 0.6 is 11.6 Å². The minimum atomic E-state index is -0.546. The minimum absolute atomic E-state index is 0.0440. The molecule has 4 aromatic rings. The number of benzene rings is 3. The van der Waals surface area contributed by atoms with Crippen molar-refractivity contribution in [3.63, 3.8) is 0 Å². The smallest absolute Gasteiger partial charge is 0.319 e. The summed E-state index contributed by atoms with van der Waals surface area (Å²) in [6, 6.07) is 13.5. The van der Waals surface area contributed by atoms with E-state index in [1.165, 1.54) is 19.4 Å². The van der Waals surface area contributed by atoms with Gasteiger partial charge < -0.3 is 35.2 Å². The quantitative estimate of drug-likeness (QED) is 0.176. The molecule has 0 spiro atoms. The summed E-state index contributed by atoms with van der Waals surface area (Å²) < 4.78 is 22.9. The van der Waals surface area contributed by atoms with Crippen LogP contribution in [0.4, 0.5) is 10.2 Å². The second-order valence-electron chi connectivity index (χ2n) is 13.3. The van der Waals surface area contributed by atoms with E-state index in [1.54, 1.807) is 18.2 Å². The Morgan fingerprint density at radius 2 is 1.77 bits per heavy atom. The first-order valence-corrected chi connectivity index (χ1v) is 17.5. The number of unbranched alkanes of at least 4 members (excludes halogenated alkanes) is 1. The van der Waals surface area contributed by atoms with E-state index in [2.05, 4.69) is 37.4 Å². The van der Waals surface area contributed by atoms with Crippen LogP contribution in [0.3, 0.4) is 0 Å². The normalized spacial score (nSPS) is 20.1. The van der Waals surface area contributed by atoms with Gasteiger partial charge in [-0.25, -0.2) is 4.39 Å².